The summed E-state index contributed by atoms with van der Waals surface area (Å²) in [6.45, 7) is 6.95. The molecule has 0 spiro atoms. The van der Waals surface area contributed by atoms with Crippen LogP contribution in [-0.2, 0) is 19.5 Å². The van der Waals surface area contributed by atoms with Gasteiger partial charge in [-0.2, -0.15) is 0 Å². The molecule has 0 aliphatic carbocycles. The molecule has 6 rings (SSSR count). The van der Waals surface area contributed by atoms with Gasteiger partial charge in [-0.3, -0.25) is 9.69 Å². The van der Waals surface area contributed by atoms with E-state index in [1.807, 2.05) is 36.1 Å². The third kappa shape index (κ3) is 4.58. The molecule has 1 amide bonds. The van der Waals surface area contributed by atoms with E-state index < -0.39 is 0 Å². The molecule has 2 aliphatic rings. The zero-order valence-electron chi connectivity index (χ0n) is 20.6. The van der Waals surface area contributed by atoms with Crippen LogP contribution in [0.3, 0.4) is 0 Å². The minimum absolute atomic E-state index is 0.0847. The zero-order chi connectivity index (χ0) is 24.5. The molecule has 1 fully saturated rings. The largest absolute Gasteiger partial charge is 0.460 e. The van der Waals surface area contributed by atoms with Crippen molar-refractivity contribution in [2.45, 2.75) is 32.9 Å². The van der Waals surface area contributed by atoms with Crippen LogP contribution in [0, 0.1) is 6.92 Å². The first-order chi connectivity index (χ1) is 17.6. The maximum Gasteiger partial charge on any atom is 0.270 e. The molecule has 1 saturated heterocycles. The molecule has 4 heterocycles. The lowest BCUT2D eigenvalue weighted by atomic mass is 10.1. The summed E-state index contributed by atoms with van der Waals surface area (Å²) < 4.78 is 19.0. The number of aryl methyl sites for hydroxylation is 3. The Balaban J connectivity index is 1.11. The van der Waals surface area contributed by atoms with E-state index >= 15 is 0 Å². The number of benzene rings is 2. The number of aromatic nitrogens is 1. The summed E-state index contributed by atoms with van der Waals surface area (Å²) in [5, 5.41) is 0. The van der Waals surface area contributed by atoms with Crippen molar-refractivity contribution in [3.8, 4) is 11.5 Å². The molecule has 2 aromatic carbocycles. The summed E-state index contributed by atoms with van der Waals surface area (Å²) in [6, 6.07) is 20.6. The summed E-state index contributed by atoms with van der Waals surface area (Å²) in [6.07, 6.45) is 1.94. The average molecular weight is 486 g/mol. The first-order valence-electron chi connectivity index (χ1n) is 12.7. The van der Waals surface area contributed by atoms with Crippen molar-refractivity contribution in [2.75, 3.05) is 33.0 Å². The van der Waals surface area contributed by atoms with Crippen LogP contribution in [0.15, 0.2) is 65.1 Å². The van der Waals surface area contributed by atoms with Crippen molar-refractivity contribution in [1.29, 1.82) is 0 Å². The van der Waals surface area contributed by atoms with Crippen molar-refractivity contribution < 1.29 is 18.7 Å². The van der Waals surface area contributed by atoms with Gasteiger partial charge >= 0.3 is 0 Å². The van der Waals surface area contributed by atoms with Crippen molar-refractivity contribution in [2.24, 2.45) is 0 Å². The molecule has 7 heteroatoms. The third-order valence-corrected chi connectivity index (χ3v) is 7.12. The minimum Gasteiger partial charge on any atom is -0.460 e. The second-order valence-electron chi connectivity index (χ2n) is 9.63. The van der Waals surface area contributed by atoms with E-state index in [1.54, 1.807) is 0 Å². The van der Waals surface area contributed by atoms with E-state index in [-0.39, 0.29) is 12.7 Å². The van der Waals surface area contributed by atoms with E-state index in [9.17, 15) is 4.79 Å². The van der Waals surface area contributed by atoms with Gasteiger partial charge in [-0.05, 0) is 43.0 Å². The SMILES string of the molecule is Cc1cc2c(cc(C(=O)N3CCN(Cc4ccc5c(c4)OCO5)CC3)n2CCCc2ccccc2)o1. The van der Waals surface area contributed by atoms with Gasteiger partial charge in [0.05, 0.1) is 5.52 Å². The van der Waals surface area contributed by atoms with Gasteiger partial charge in [-0.25, -0.2) is 0 Å². The van der Waals surface area contributed by atoms with E-state index in [0.29, 0.717) is 13.1 Å². The van der Waals surface area contributed by atoms with Crippen LogP contribution in [-0.4, -0.2) is 53.2 Å². The van der Waals surface area contributed by atoms with Gasteiger partial charge in [0.25, 0.3) is 5.91 Å². The van der Waals surface area contributed by atoms with E-state index in [4.69, 9.17) is 13.9 Å². The normalized spacial score (nSPS) is 15.6. The fraction of sp³-hybridized carbons (Fsp3) is 0.345. The second kappa shape index (κ2) is 9.74. The highest BCUT2D eigenvalue weighted by atomic mass is 16.7. The standard InChI is InChI=1S/C29H31N3O4/c1-21-16-24-27(36-21)18-25(32(24)11-5-8-22-6-3-2-4-7-22)29(33)31-14-12-30(13-15-31)19-23-9-10-26-28(17-23)35-20-34-26/h2-4,6-7,9-10,16-18H,5,8,11-15,19-20H2,1H3. The van der Waals surface area contributed by atoms with Crippen molar-refractivity contribution in [3.05, 3.63) is 83.2 Å². The lowest BCUT2D eigenvalue weighted by Crippen LogP contribution is -2.48. The van der Waals surface area contributed by atoms with Gasteiger partial charge in [0.1, 0.15) is 11.5 Å². The minimum atomic E-state index is 0.0847. The third-order valence-electron chi connectivity index (χ3n) is 7.12. The number of amides is 1. The van der Waals surface area contributed by atoms with Crippen molar-refractivity contribution in [3.63, 3.8) is 0 Å². The predicted molar refractivity (Wildman–Crippen MR) is 137 cm³/mol. The van der Waals surface area contributed by atoms with E-state index in [1.165, 1.54) is 11.1 Å². The first-order valence-corrected chi connectivity index (χ1v) is 12.7. The molecule has 0 unspecified atom stereocenters. The van der Waals surface area contributed by atoms with Gasteiger partial charge in [-0.15, -0.1) is 0 Å². The average Bonchev–Trinajstić information content (AvgIpc) is 3.59. The van der Waals surface area contributed by atoms with Crippen LogP contribution in [0.2, 0.25) is 0 Å². The number of carbonyl (C=O) groups excluding carboxylic acids is 1. The van der Waals surface area contributed by atoms with Crippen LogP contribution in [0.5, 0.6) is 11.5 Å². The number of nitrogens with zero attached hydrogens (tertiary/aromatic N) is 3. The molecule has 0 saturated carbocycles. The zero-order valence-corrected chi connectivity index (χ0v) is 20.6. The Kier molecular flexibility index (Phi) is 6.15. The van der Waals surface area contributed by atoms with Gasteiger partial charge in [0.15, 0.2) is 17.1 Å². The Hall–Kier alpha value is -3.71. The number of rotatable bonds is 7. The maximum atomic E-state index is 13.6. The summed E-state index contributed by atoms with van der Waals surface area (Å²) in [7, 11) is 0. The van der Waals surface area contributed by atoms with Crippen molar-refractivity contribution in [1.82, 2.24) is 14.4 Å². The quantitative estimate of drug-likeness (QED) is 0.374. The van der Waals surface area contributed by atoms with E-state index in [2.05, 4.69) is 45.9 Å². The molecule has 2 aromatic heterocycles. The number of hydrogen-bond donors (Lipinski definition) is 0. The molecule has 0 radical (unpaired) electrons. The molecular formula is C29H31N3O4. The van der Waals surface area contributed by atoms with Crippen LogP contribution in [0.25, 0.3) is 11.1 Å². The molecule has 2 aliphatic heterocycles. The monoisotopic (exact) mass is 485 g/mol. The van der Waals surface area contributed by atoms with Crippen LogP contribution < -0.4 is 9.47 Å². The molecule has 0 atom stereocenters. The van der Waals surface area contributed by atoms with E-state index in [0.717, 1.165) is 73.1 Å². The highest BCUT2D eigenvalue weighted by molar-refractivity contribution is 5.97. The Bertz CT molecular complexity index is 1370. The van der Waals surface area contributed by atoms with Crippen molar-refractivity contribution >= 4 is 17.0 Å². The molecule has 0 bridgehead atoms. The first kappa shape index (κ1) is 22.7. The number of ether oxygens (including phenoxy) is 2. The van der Waals surface area contributed by atoms with Crippen LogP contribution >= 0.6 is 0 Å². The number of piperazine rings is 1. The smallest absolute Gasteiger partial charge is 0.270 e. The Morgan fingerprint density at radius 3 is 2.53 bits per heavy atom. The second-order valence-corrected chi connectivity index (χ2v) is 9.63. The van der Waals surface area contributed by atoms with Crippen LogP contribution in [0.4, 0.5) is 0 Å². The highest BCUT2D eigenvalue weighted by Crippen LogP contribution is 2.33. The summed E-state index contributed by atoms with van der Waals surface area (Å²) >= 11 is 0. The lowest BCUT2D eigenvalue weighted by Gasteiger charge is -2.35. The van der Waals surface area contributed by atoms with Crippen LogP contribution in [0.1, 0.15) is 33.8 Å². The molecule has 0 N–H and O–H groups in total. The Morgan fingerprint density at radius 2 is 1.69 bits per heavy atom. The highest BCUT2D eigenvalue weighted by Gasteiger charge is 2.26. The molecule has 36 heavy (non-hydrogen) atoms. The number of hydrogen-bond acceptors (Lipinski definition) is 5. The lowest BCUT2D eigenvalue weighted by molar-refractivity contribution is 0.0618. The summed E-state index contributed by atoms with van der Waals surface area (Å²) in [4.78, 5) is 18.0. The number of fused-ring (bicyclic) bond motifs is 2. The topological polar surface area (TPSA) is 60.1 Å². The maximum absolute atomic E-state index is 13.6. The summed E-state index contributed by atoms with van der Waals surface area (Å²) in [5.41, 5.74) is 5.03. The Morgan fingerprint density at radius 1 is 0.889 bits per heavy atom. The molecule has 4 aromatic rings. The number of carbonyl (C=O) groups is 1. The predicted octanol–water partition coefficient (Wildman–Crippen LogP) is 4.86. The van der Waals surface area contributed by atoms with Gasteiger partial charge < -0.3 is 23.4 Å². The van der Waals surface area contributed by atoms with Gasteiger partial charge in [-0.1, -0.05) is 36.4 Å². The van der Waals surface area contributed by atoms with Gasteiger partial charge in [0.2, 0.25) is 6.79 Å². The number of furan rings is 1. The molecular weight excluding hydrogens is 454 g/mol. The fourth-order valence-corrected chi connectivity index (χ4v) is 5.24. The molecule has 186 valence electrons. The fourth-order valence-electron chi connectivity index (χ4n) is 5.24. The Labute approximate surface area is 210 Å². The van der Waals surface area contributed by atoms with Gasteiger partial charge in [0, 0.05) is 51.4 Å². The summed E-state index contributed by atoms with van der Waals surface area (Å²) in [5.74, 6) is 2.57. The molecule has 7 nitrogen and oxygen atoms in total.